The van der Waals surface area contributed by atoms with Gasteiger partial charge in [-0.25, -0.2) is 8.42 Å². The molecule has 0 bridgehead atoms. The number of carbonyl (C=O) groups is 1. The molecule has 1 amide bonds. The van der Waals surface area contributed by atoms with Crippen molar-refractivity contribution >= 4 is 65.7 Å². The quantitative estimate of drug-likeness (QED) is 0.267. The molecule has 0 atom stereocenters. The van der Waals surface area contributed by atoms with Gasteiger partial charge < -0.3 is 10.1 Å². The average Bonchev–Trinajstić information content (AvgIpc) is 2.89. The Balaban J connectivity index is 1.30. The standard InChI is InChI=1S/C27H24BrN3O4S2/c1-31(17-19-7-3-2-4-8-19)37(33,34)22-14-12-21(13-15-22)29-27(36)30-25(32)18-35-24-16-11-20-9-5-6-10-23(20)26(24)28/h2-16H,17-18H2,1H3,(H2,29,30,32,36). The first kappa shape index (κ1) is 26.7. The van der Waals surface area contributed by atoms with Crippen molar-refractivity contribution in [2.75, 3.05) is 19.0 Å². The highest BCUT2D eigenvalue weighted by molar-refractivity contribution is 9.10. The second kappa shape index (κ2) is 11.8. The topological polar surface area (TPSA) is 87.7 Å². The smallest absolute Gasteiger partial charge is 0.264 e. The monoisotopic (exact) mass is 597 g/mol. The third kappa shape index (κ3) is 6.72. The van der Waals surface area contributed by atoms with E-state index >= 15 is 0 Å². The number of nitrogens with one attached hydrogen (secondary N) is 2. The molecular formula is C27H24BrN3O4S2. The van der Waals surface area contributed by atoms with Gasteiger partial charge >= 0.3 is 0 Å². The Morgan fingerprint density at radius 3 is 2.35 bits per heavy atom. The van der Waals surface area contributed by atoms with Gasteiger partial charge in [0.15, 0.2) is 11.7 Å². The summed E-state index contributed by atoms with van der Waals surface area (Å²) < 4.78 is 33.5. The predicted octanol–water partition coefficient (Wildman–Crippen LogP) is 5.32. The minimum Gasteiger partial charge on any atom is -0.483 e. The van der Waals surface area contributed by atoms with Gasteiger partial charge in [-0.1, -0.05) is 60.7 Å². The van der Waals surface area contributed by atoms with Gasteiger partial charge in [-0.15, -0.1) is 0 Å². The molecule has 0 radical (unpaired) electrons. The minimum atomic E-state index is -3.67. The number of nitrogens with zero attached hydrogens (tertiary/aromatic N) is 1. The van der Waals surface area contributed by atoms with E-state index in [0.29, 0.717) is 11.4 Å². The van der Waals surface area contributed by atoms with Crippen LogP contribution in [0.25, 0.3) is 10.8 Å². The second-order valence-corrected chi connectivity index (χ2v) is 11.4. The summed E-state index contributed by atoms with van der Waals surface area (Å²) in [7, 11) is -2.13. The normalized spacial score (nSPS) is 11.3. The highest BCUT2D eigenvalue weighted by Gasteiger charge is 2.21. The number of thiocarbonyl (C=S) groups is 1. The van der Waals surface area contributed by atoms with Crippen LogP contribution in [0.5, 0.6) is 5.75 Å². The molecule has 0 aromatic heterocycles. The van der Waals surface area contributed by atoms with Gasteiger partial charge in [0.2, 0.25) is 10.0 Å². The van der Waals surface area contributed by atoms with Crippen LogP contribution in [0.4, 0.5) is 5.69 Å². The number of fused-ring (bicyclic) bond motifs is 1. The molecule has 0 heterocycles. The van der Waals surface area contributed by atoms with E-state index in [1.807, 2.05) is 60.7 Å². The van der Waals surface area contributed by atoms with Gasteiger partial charge in [-0.3, -0.25) is 10.1 Å². The number of carbonyl (C=O) groups excluding carboxylic acids is 1. The van der Waals surface area contributed by atoms with Crippen molar-refractivity contribution in [1.29, 1.82) is 0 Å². The number of amides is 1. The summed E-state index contributed by atoms with van der Waals surface area (Å²) >= 11 is 8.75. The zero-order valence-corrected chi connectivity index (χ0v) is 23.1. The van der Waals surface area contributed by atoms with Crippen LogP contribution in [0.2, 0.25) is 0 Å². The Labute approximate surface area is 229 Å². The molecule has 4 rings (SSSR count). The summed E-state index contributed by atoms with van der Waals surface area (Å²) in [6.45, 7) is 0.0286. The summed E-state index contributed by atoms with van der Waals surface area (Å²) in [4.78, 5) is 12.5. The Morgan fingerprint density at radius 1 is 0.946 bits per heavy atom. The molecule has 0 saturated heterocycles. The molecular weight excluding hydrogens is 574 g/mol. The Morgan fingerprint density at radius 2 is 1.62 bits per heavy atom. The largest absolute Gasteiger partial charge is 0.483 e. The van der Waals surface area contributed by atoms with E-state index in [1.165, 1.54) is 23.5 Å². The van der Waals surface area contributed by atoms with Gasteiger partial charge in [0.1, 0.15) is 5.75 Å². The van der Waals surface area contributed by atoms with Crippen molar-refractivity contribution in [3.05, 3.63) is 101 Å². The van der Waals surface area contributed by atoms with Gasteiger partial charge in [0.25, 0.3) is 5.91 Å². The van der Waals surface area contributed by atoms with Crippen LogP contribution < -0.4 is 15.4 Å². The van der Waals surface area contributed by atoms with E-state index in [0.717, 1.165) is 20.8 Å². The lowest BCUT2D eigenvalue weighted by Gasteiger charge is -2.18. The average molecular weight is 599 g/mol. The van der Waals surface area contributed by atoms with Crippen molar-refractivity contribution in [2.24, 2.45) is 0 Å². The van der Waals surface area contributed by atoms with Gasteiger partial charge in [-0.05, 0) is 74.8 Å². The maximum Gasteiger partial charge on any atom is 0.264 e. The molecule has 10 heteroatoms. The predicted molar refractivity (Wildman–Crippen MR) is 153 cm³/mol. The van der Waals surface area contributed by atoms with Crippen LogP contribution in [0.15, 0.2) is 100 Å². The lowest BCUT2D eigenvalue weighted by molar-refractivity contribution is -0.121. The molecule has 4 aromatic rings. The Kier molecular flexibility index (Phi) is 8.55. The molecule has 0 aliphatic rings. The van der Waals surface area contributed by atoms with Crippen LogP contribution in [0.3, 0.4) is 0 Å². The first-order valence-corrected chi connectivity index (χ1v) is 13.9. The highest BCUT2D eigenvalue weighted by Crippen LogP contribution is 2.33. The molecule has 0 aliphatic carbocycles. The van der Waals surface area contributed by atoms with Crippen LogP contribution in [0, 0.1) is 0 Å². The SMILES string of the molecule is CN(Cc1ccccc1)S(=O)(=O)c1ccc(NC(=S)NC(=O)COc2ccc3ccccc3c2Br)cc1. The van der Waals surface area contributed by atoms with E-state index in [4.69, 9.17) is 17.0 Å². The van der Waals surface area contributed by atoms with Crippen LogP contribution in [-0.2, 0) is 21.4 Å². The van der Waals surface area contributed by atoms with E-state index in [1.54, 1.807) is 18.2 Å². The third-order valence-corrected chi connectivity index (χ3v) is 8.35. The molecule has 0 unspecified atom stereocenters. The summed E-state index contributed by atoms with van der Waals surface area (Å²) in [6, 6.07) is 27.1. The number of hydrogen-bond acceptors (Lipinski definition) is 5. The van der Waals surface area contributed by atoms with Crippen molar-refractivity contribution < 1.29 is 17.9 Å². The maximum absolute atomic E-state index is 12.9. The van der Waals surface area contributed by atoms with E-state index in [9.17, 15) is 13.2 Å². The van der Waals surface area contributed by atoms with E-state index < -0.39 is 15.9 Å². The number of anilines is 1. The van der Waals surface area contributed by atoms with Gasteiger partial charge in [-0.2, -0.15) is 4.31 Å². The summed E-state index contributed by atoms with van der Waals surface area (Å²) in [5.41, 5.74) is 1.43. The third-order valence-electron chi connectivity index (χ3n) is 5.51. The van der Waals surface area contributed by atoms with Crippen molar-refractivity contribution in [2.45, 2.75) is 11.4 Å². The molecule has 0 saturated carbocycles. The number of halogens is 1. The minimum absolute atomic E-state index is 0.0722. The van der Waals surface area contributed by atoms with Crippen LogP contribution in [-0.4, -0.2) is 37.4 Å². The number of ether oxygens (including phenoxy) is 1. The second-order valence-electron chi connectivity index (χ2n) is 8.16. The number of benzene rings is 4. The van der Waals surface area contributed by atoms with Crippen molar-refractivity contribution in [1.82, 2.24) is 9.62 Å². The van der Waals surface area contributed by atoms with Crippen LogP contribution in [0.1, 0.15) is 5.56 Å². The summed E-state index contributed by atoms with van der Waals surface area (Å²) in [5.74, 6) is 0.112. The Bertz CT molecular complexity index is 1530. The van der Waals surface area contributed by atoms with Crippen molar-refractivity contribution in [3.63, 3.8) is 0 Å². The molecule has 0 fully saturated rings. The fourth-order valence-corrected chi connectivity index (χ4v) is 5.61. The number of sulfonamides is 1. The molecule has 37 heavy (non-hydrogen) atoms. The lowest BCUT2D eigenvalue weighted by atomic mass is 10.1. The number of rotatable bonds is 8. The first-order valence-electron chi connectivity index (χ1n) is 11.3. The first-order chi connectivity index (χ1) is 17.7. The summed E-state index contributed by atoms with van der Waals surface area (Å²) in [6.07, 6.45) is 0. The lowest BCUT2D eigenvalue weighted by Crippen LogP contribution is -2.37. The summed E-state index contributed by atoms with van der Waals surface area (Å²) in [5, 5.41) is 7.55. The van der Waals surface area contributed by atoms with Gasteiger partial charge in [0, 0.05) is 19.3 Å². The maximum atomic E-state index is 12.9. The molecule has 0 spiro atoms. The molecule has 0 aliphatic heterocycles. The molecule has 2 N–H and O–H groups in total. The Hall–Kier alpha value is -3.31. The van der Waals surface area contributed by atoms with Crippen molar-refractivity contribution in [3.8, 4) is 5.75 Å². The van der Waals surface area contributed by atoms with E-state index in [-0.39, 0.29) is 23.2 Å². The fourth-order valence-electron chi connectivity index (χ4n) is 3.61. The number of hydrogen-bond donors (Lipinski definition) is 2. The zero-order chi connectivity index (χ0) is 26.4. The fraction of sp³-hybridized carbons (Fsp3) is 0.111. The molecule has 7 nitrogen and oxygen atoms in total. The molecule has 190 valence electrons. The highest BCUT2D eigenvalue weighted by atomic mass is 79.9. The zero-order valence-electron chi connectivity index (χ0n) is 19.8. The molecule has 4 aromatic carbocycles. The van der Waals surface area contributed by atoms with Crippen LogP contribution >= 0.6 is 28.1 Å². The van der Waals surface area contributed by atoms with E-state index in [2.05, 4.69) is 26.6 Å². The van der Waals surface area contributed by atoms with Gasteiger partial charge in [0.05, 0.1) is 9.37 Å².